The normalized spacial score (nSPS) is 10.5. The summed E-state index contributed by atoms with van der Waals surface area (Å²) in [5.41, 5.74) is 4.62. The SMILES string of the molecule is Bc1cncc(-c2cnn(Cc3ccccc3)c2)c1. The summed E-state index contributed by atoms with van der Waals surface area (Å²) >= 11 is 0. The molecule has 0 aliphatic carbocycles. The maximum absolute atomic E-state index is 4.41. The molecule has 0 spiro atoms. The Morgan fingerprint density at radius 3 is 2.63 bits per heavy atom. The van der Waals surface area contributed by atoms with Crippen LogP contribution in [0.1, 0.15) is 5.56 Å². The first kappa shape index (κ1) is 11.7. The van der Waals surface area contributed by atoms with E-state index in [0.29, 0.717) is 0 Å². The van der Waals surface area contributed by atoms with E-state index in [1.807, 2.05) is 49.3 Å². The molecule has 2 aromatic heterocycles. The van der Waals surface area contributed by atoms with Crippen LogP contribution in [0.2, 0.25) is 0 Å². The zero-order chi connectivity index (χ0) is 13.1. The smallest absolute Gasteiger partial charge is 0.141 e. The summed E-state index contributed by atoms with van der Waals surface area (Å²) in [6.07, 6.45) is 7.68. The van der Waals surface area contributed by atoms with Crippen molar-refractivity contribution in [1.82, 2.24) is 14.8 Å². The summed E-state index contributed by atoms with van der Waals surface area (Å²) in [7, 11) is 2.05. The van der Waals surface area contributed by atoms with Gasteiger partial charge in [-0.25, -0.2) is 0 Å². The fourth-order valence-corrected chi connectivity index (χ4v) is 2.08. The molecule has 0 unspecified atom stereocenters. The molecular weight excluding hydrogens is 233 g/mol. The summed E-state index contributed by atoms with van der Waals surface area (Å²) in [4.78, 5) is 4.22. The number of aromatic nitrogens is 3. The van der Waals surface area contributed by atoms with Crippen LogP contribution in [-0.4, -0.2) is 22.6 Å². The van der Waals surface area contributed by atoms with E-state index in [2.05, 4.69) is 34.5 Å². The third kappa shape index (κ3) is 2.73. The molecule has 0 aliphatic rings. The van der Waals surface area contributed by atoms with E-state index in [1.165, 1.54) is 5.56 Å². The monoisotopic (exact) mass is 247 g/mol. The van der Waals surface area contributed by atoms with Crippen LogP contribution in [-0.2, 0) is 6.54 Å². The van der Waals surface area contributed by atoms with E-state index >= 15 is 0 Å². The Morgan fingerprint density at radius 1 is 1.00 bits per heavy atom. The Bertz CT molecular complexity index is 677. The van der Waals surface area contributed by atoms with Crippen molar-refractivity contribution in [2.45, 2.75) is 6.54 Å². The molecule has 1 aromatic carbocycles. The maximum atomic E-state index is 4.41. The molecule has 0 radical (unpaired) electrons. The molecule has 3 aromatic rings. The minimum atomic E-state index is 0.792. The molecule has 19 heavy (non-hydrogen) atoms. The number of pyridine rings is 1. The summed E-state index contributed by atoms with van der Waals surface area (Å²) in [6.45, 7) is 0.792. The first-order chi connectivity index (χ1) is 9.31. The van der Waals surface area contributed by atoms with Crippen molar-refractivity contribution in [3.8, 4) is 11.1 Å². The number of nitrogens with zero attached hydrogens (tertiary/aromatic N) is 3. The lowest BCUT2D eigenvalue weighted by Gasteiger charge is -2.01. The average molecular weight is 247 g/mol. The van der Waals surface area contributed by atoms with E-state index in [0.717, 1.165) is 23.1 Å². The number of hydrogen-bond donors (Lipinski definition) is 0. The second kappa shape index (κ2) is 5.10. The van der Waals surface area contributed by atoms with Gasteiger partial charge in [-0.1, -0.05) is 41.9 Å². The largest absolute Gasteiger partial charge is 0.268 e. The van der Waals surface area contributed by atoms with Crippen molar-refractivity contribution in [2.24, 2.45) is 0 Å². The number of rotatable bonds is 3. The topological polar surface area (TPSA) is 30.7 Å². The van der Waals surface area contributed by atoms with Crippen molar-refractivity contribution in [3.05, 3.63) is 66.7 Å². The van der Waals surface area contributed by atoms with Crippen LogP contribution in [0.4, 0.5) is 0 Å². The van der Waals surface area contributed by atoms with E-state index in [-0.39, 0.29) is 0 Å². The molecule has 0 atom stereocenters. The second-order valence-electron chi connectivity index (χ2n) is 4.66. The van der Waals surface area contributed by atoms with E-state index in [1.54, 1.807) is 0 Å². The summed E-state index contributed by atoms with van der Waals surface area (Å²) in [5.74, 6) is 0. The molecular formula is C15H14BN3. The summed E-state index contributed by atoms with van der Waals surface area (Å²) in [6, 6.07) is 12.5. The molecule has 0 saturated carbocycles. The second-order valence-corrected chi connectivity index (χ2v) is 4.66. The highest BCUT2D eigenvalue weighted by Crippen LogP contribution is 2.16. The van der Waals surface area contributed by atoms with Gasteiger partial charge < -0.3 is 0 Å². The minimum Gasteiger partial charge on any atom is -0.268 e. The van der Waals surface area contributed by atoms with Gasteiger partial charge in [0, 0.05) is 29.7 Å². The van der Waals surface area contributed by atoms with Gasteiger partial charge in [-0.2, -0.15) is 5.10 Å². The van der Waals surface area contributed by atoms with Gasteiger partial charge in [0.2, 0.25) is 0 Å². The molecule has 0 fully saturated rings. The highest BCUT2D eigenvalue weighted by molar-refractivity contribution is 6.32. The first-order valence-corrected chi connectivity index (χ1v) is 6.30. The van der Waals surface area contributed by atoms with Crippen molar-refractivity contribution < 1.29 is 0 Å². The lowest BCUT2D eigenvalue weighted by Crippen LogP contribution is -2.02. The van der Waals surface area contributed by atoms with E-state index in [4.69, 9.17) is 0 Å². The number of benzene rings is 1. The molecule has 4 heteroatoms. The van der Waals surface area contributed by atoms with Crippen LogP contribution < -0.4 is 5.46 Å². The van der Waals surface area contributed by atoms with Crippen LogP contribution >= 0.6 is 0 Å². The van der Waals surface area contributed by atoms with Gasteiger partial charge in [0.25, 0.3) is 0 Å². The van der Waals surface area contributed by atoms with E-state index < -0.39 is 0 Å². The van der Waals surface area contributed by atoms with Gasteiger partial charge in [0.15, 0.2) is 0 Å². The van der Waals surface area contributed by atoms with Crippen molar-refractivity contribution >= 4 is 13.3 Å². The third-order valence-corrected chi connectivity index (χ3v) is 3.03. The quantitative estimate of drug-likeness (QED) is 0.652. The van der Waals surface area contributed by atoms with Crippen LogP contribution in [0.15, 0.2) is 61.2 Å². The van der Waals surface area contributed by atoms with Crippen LogP contribution in [0.25, 0.3) is 11.1 Å². The van der Waals surface area contributed by atoms with Gasteiger partial charge >= 0.3 is 0 Å². The van der Waals surface area contributed by atoms with Crippen molar-refractivity contribution in [3.63, 3.8) is 0 Å². The van der Waals surface area contributed by atoms with E-state index in [9.17, 15) is 0 Å². The Balaban J connectivity index is 1.84. The molecule has 0 amide bonds. The maximum Gasteiger partial charge on any atom is 0.141 e. The van der Waals surface area contributed by atoms with Crippen LogP contribution in [0.5, 0.6) is 0 Å². The molecule has 3 nitrogen and oxygen atoms in total. The van der Waals surface area contributed by atoms with Gasteiger partial charge in [-0.15, -0.1) is 0 Å². The molecule has 0 saturated heterocycles. The Labute approximate surface area is 113 Å². The fourth-order valence-electron chi connectivity index (χ4n) is 2.08. The highest BCUT2D eigenvalue weighted by atomic mass is 15.3. The zero-order valence-electron chi connectivity index (χ0n) is 10.8. The van der Waals surface area contributed by atoms with Crippen LogP contribution in [0, 0.1) is 0 Å². The van der Waals surface area contributed by atoms with Gasteiger partial charge in [0.1, 0.15) is 7.85 Å². The van der Waals surface area contributed by atoms with Gasteiger partial charge in [-0.05, 0) is 5.56 Å². The minimum absolute atomic E-state index is 0.792. The molecule has 92 valence electrons. The molecule has 0 aliphatic heterocycles. The lowest BCUT2D eigenvalue weighted by atomic mass is 9.96. The molecule has 0 N–H and O–H groups in total. The van der Waals surface area contributed by atoms with Crippen LogP contribution in [0.3, 0.4) is 0 Å². The standard InChI is InChI=1S/C15H14BN3/c16-15-6-13(7-17-9-15)14-8-18-19(11-14)10-12-4-2-1-3-5-12/h1-9,11H,10,16H2. The fraction of sp³-hybridized carbons (Fsp3) is 0.0667. The predicted molar refractivity (Wildman–Crippen MR) is 79.2 cm³/mol. The molecule has 2 heterocycles. The number of hydrogen-bond acceptors (Lipinski definition) is 2. The Hall–Kier alpha value is -2.36. The lowest BCUT2D eigenvalue weighted by molar-refractivity contribution is 0.687. The van der Waals surface area contributed by atoms with Crippen molar-refractivity contribution in [2.75, 3.05) is 0 Å². The zero-order valence-corrected chi connectivity index (χ0v) is 10.8. The third-order valence-electron chi connectivity index (χ3n) is 3.03. The van der Waals surface area contributed by atoms with Gasteiger partial charge in [0.05, 0.1) is 12.7 Å². The predicted octanol–water partition coefficient (Wildman–Crippen LogP) is 1.25. The van der Waals surface area contributed by atoms with Crippen molar-refractivity contribution in [1.29, 1.82) is 0 Å². The first-order valence-electron chi connectivity index (χ1n) is 6.30. The average Bonchev–Trinajstić information content (AvgIpc) is 2.88. The Kier molecular flexibility index (Phi) is 3.15. The molecule has 0 bridgehead atoms. The summed E-state index contributed by atoms with van der Waals surface area (Å²) < 4.78 is 1.95. The molecule has 3 rings (SSSR count). The summed E-state index contributed by atoms with van der Waals surface area (Å²) in [5, 5.41) is 4.41. The Morgan fingerprint density at radius 2 is 1.84 bits per heavy atom. The highest BCUT2D eigenvalue weighted by Gasteiger charge is 2.03. The van der Waals surface area contributed by atoms with Gasteiger partial charge in [-0.3, -0.25) is 9.67 Å².